The van der Waals surface area contributed by atoms with Crippen LogP contribution in [0.5, 0.6) is 0 Å². The van der Waals surface area contributed by atoms with Gasteiger partial charge in [0.25, 0.3) is 10.0 Å². The lowest BCUT2D eigenvalue weighted by molar-refractivity contribution is -0.0607. The molecule has 2 aromatic carbocycles. The summed E-state index contributed by atoms with van der Waals surface area (Å²) in [6.07, 6.45) is 2.41. The Labute approximate surface area is 149 Å². The molecule has 1 heterocycles. The van der Waals surface area contributed by atoms with Crippen molar-refractivity contribution in [1.82, 2.24) is 4.47 Å². The van der Waals surface area contributed by atoms with Crippen molar-refractivity contribution in [2.75, 3.05) is 0 Å². The second-order valence-electron chi connectivity index (χ2n) is 6.74. The fourth-order valence-electron chi connectivity index (χ4n) is 2.83. The lowest BCUT2D eigenvalue weighted by Gasteiger charge is -2.22. The predicted octanol–water partition coefficient (Wildman–Crippen LogP) is 4.39. The van der Waals surface area contributed by atoms with Crippen LogP contribution in [0, 0.1) is 12.8 Å². The summed E-state index contributed by atoms with van der Waals surface area (Å²) in [6, 6.07) is 16.3. The van der Waals surface area contributed by atoms with Gasteiger partial charge in [0.1, 0.15) is 6.10 Å². The summed E-state index contributed by atoms with van der Waals surface area (Å²) >= 11 is 0. The van der Waals surface area contributed by atoms with E-state index in [-0.39, 0.29) is 11.0 Å². The van der Waals surface area contributed by atoms with Gasteiger partial charge < -0.3 is 0 Å². The summed E-state index contributed by atoms with van der Waals surface area (Å²) in [7, 11) is -3.78. The summed E-state index contributed by atoms with van der Waals surface area (Å²) in [6.45, 7) is 6.11. The van der Waals surface area contributed by atoms with Gasteiger partial charge in [0.05, 0.1) is 10.6 Å². The van der Waals surface area contributed by atoms with Crippen molar-refractivity contribution in [3.63, 3.8) is 0 Å². The summed E-state index contributed by atoms with van der Waals surface area (Å²) in [5, 5.41) is 0. The minimum absolute atomic E-state index is 0.227. The Morgan fingerprint density at radius 2 is 1.68 bits per heavy atom. The first-order chi connectivity index (χ1) is 11.9. The highest BCUT2D eigenvalue weighted by Gasteiger charge is 2.36. The quantitative estimate of drug-likeness (QED) is 0.797. The molecule has 0 saturated carbocycles. The molecule has 0 spiro atoms. The number of rotatable bonds is 5. The highest BCUT2D eigenvalue weighted by molar-refractivity contribution is 7.89. The summed E-state index contributed by atoms with van der Waals surface area (Å²) in [5.41, 5.74) is 2.41. The average molecular weight is 357 g/mol. The number of sulfonamides is 1. The third-order valence-corrected chi connectivity index (χ3v) is 5.67. The minimum atomic E-state index is -3.78. The van der Waals surface area contributed by atoms with Crippen molar-refractivity contribution in [2.24, 2.45) is 5.92 Å². The van der Waals surface area contributed by atoms with Crippen molar-refractivity contribution >= 4 is 15.7 Å². The number of hydrogen-bond donors (Lipinski definition) is 0. The third-order valence-electron chi connectivity index (χ3n) is 4.08. The molecule has 5 heteroatoms. The lowest BCUT2D eigenvalue weighted by atomic mass is 10.0. The Morgan fingerprint density at radius 1 is 1.04 bits per heavy atom. The van der Waals surface area contributed by atoms with E-state index in [4.69, 9.17) is 4.84 Å². The Bertz CT molecular complexity index is 856. The van der Waals surface area contributed by atoms with Crippen molar-refractivity contribution in [2.45, 2.75) is 38.2 Å². The van der Waals surface area contributed by atoms with E-state index in [0.29, 0.717) is 11.6 Å². The molecule has 0 aliphatic carbocycles. The summed E-state index contributed by atoms with van der Waals surface area (Å²) in [5.74, 6) is 0.403. The largest absolute Gasteiger partial charge is 0.286 e. The molecule has 4 nitrogen and oxygen atoms in total. The van der Waals surface area contributed by atoms with Crippen LogP contribution in [0.2, 0.25) is 0 Å². The SMILES string of the molecule is Cc1ccc(S(=O)(=O)N2OC(CC(C)C)C=C2c2ccccc2)cc1. The number of aryl methyl sites for hydroxylation is 1. The second-order valence-corrected chi connectivity index (χ2v) is 8.49. The van der Waals surface area contributed by atoms with E-state index in [1.807, 2.05) is 43.3 Å². The smallest absolute Gasteiger partial charge is 0.251 e. The van der Waals surface area contributed by atoms with Crippen LogP contribution < -0.4 is 0 Å². The van der Waals surface area contributed by atoms with Gasteiger partial charge in [-0.05, 0) is 37.5 Å². The predicted molar refractivity (Wildman–Crippen MR) is 99.0 cm³/mol. The van der Waals surface area contributed by atoms with E-state index in [0.717, 1.165) is 22.0 Å². The van der Waals surface area contributed by atoms with Gasteiger partial charge in [0, 0.05) is 5.56 Å². The van der Waals surface area contributed by atoms with E-state index in [2.05, 4.69) is 13.8 Å². The van der Waals surface area contributed by atoms with Gasteiger partial charge in [0.15, 0.2) is 0 Å². The Kier molecular flexibility index (Phi) is 4.97. The molecule has 1 aliphatic rings. The zero-order chi connectivity index (χ0) is 18.0. The van der Waals surface area contributed by atoms with Gasteiger partial charge in [-0.2, -0.15) is 8.42 Å². The molecule has 2 aromatic rings. The molecule has 0 fully saturated rings. The molecule has 0 aromatic heterocycles. The zero-order valence-corrected chi connectivity index (χ0v) is 15.5. The molecule has 0 radical (unpaired) electrons. The fourth-order valence-corrected chi connectivity index (χ4v) is 4.15. The second kappa shape index (κ2) is 7.02. The van der Waals surface area contributed by atoms with E-state index >= 15 is 0 Å². The molecule has 1 unspecified atom stereocenters. The first-order valence-electron chi connectivity index (χ1n) is 8.44. The normalized spacial score (nSPS) is 17.8. The van der Waals surface area contributed by atoms with Crippen LogP contribution in [0.3, 0.4) is 0 Å². The topological polar surface area (TPSA) is 46.6 Å². The molecular weight excluding hydrogens is 334 g/mol. The first-order valence-corrected chi connectivity index (χ1v) is 9.88. The van der Waals surface area contributed by atoms with Crippen LogP contribution in [0.15, 0.2) is 65.6 Å². The Balaban J connectivity index is 2.01. The maximum atomic E-state index is 13.1. The van der Waals surface area contributed by atoms with Crippen LogP contribution >= 0.6 is 0 Å². The van der Waals surface area contributed by atoms with Crippen LogP contribution in [-0.2, 0) is 14.9 Å². The van der Waals surface area contributed by atoms with E-state index < -0.39 is 10.0 Å². The van der Waals surface area contributed by atoms with Crippen LogP contribution in [0.25, 0.3) is 5.70 Å². The molecule has 132 valence electrons. The zero-order valence-electron chi connectivity index (χ0n) is 14.7. The number of hydroxylamine groups is 1. The molecule has 0 amide bonds. The fraction of sp³-hybridized carbons (Fsp3) is 0.300. The molecular formula is C20H23NO3S. The molecule has 0 N–H and O–H groups in total. The molecule has 1 atom stereocenters. The third kappa shape index (κ3) is 3.78. The summed E-state index contributed by atoms with van der Waals surface area (Å²) < 4.78 is 27.3. The van der Waals surface area contributed by atoms with Crippen molar-refractivity contribution in [1.29, 1.82) is 0 Å². The number of hydrogen-bond acceptors (Lipinski definition) is 3. The van der Waals surface area contributed by atoms with Gasteiger partial charge in [-0.25, -0.2) is 0 Å². The van der Waals surface area contributed by atoms with Gasteiger partial charge in [-0.3, -0.25) is 4.84 Å². The van der Waals surface area contributed by atoms with E-state index in [1.165, 1.54) is 0 Å². The van der Waals surface area contributed by atoms with Crippen molar-refractivity contribution < 1.29 is 13.3 Å². The maximum Gasteiger partial charge on any atom is 0.286 e. The molecule has 3 rings (SSSR count). The first kappa shape index (κ1) is 17.7. The van der Waals surface area contributed by atoms with Gasteiger partial charge in [0.2, 0.25) is 0 Å². The summed E-state index contributed by atoms with van der Waals surface area (Å²) in [4.78, 5) is 6.07. The molecule has 0 bridgehead atoms. The Morgan fingerprint density at radius 3 is 2.28 bits per heavy atom. The van der Waals surface area contributed by atoms with Crippen LogP contribution in [0.1, 0.15) is 31.4 Å². The minimum Gasteiger partial charge on any atom is -0.251 e. The average Bonchev–Trinajstić information content (AvgIpc) is 3.00. The van der Waals surface area contributed by atoms with E-state index in [1.54, 1.807) is 24.3 Å². The van der Waals surface area contributed by atoms with Gasteiger partial charge in [-0.15, -0.1) is 4.47 Å². The number of benzene rings is 2. The number of nitrogens with zero attached hydrogens (tertiary/aromatic N) is 1. The van der Waals surface area contributed by atoms with Crippen LogP contribution in [0.4, 0.5) is 0 Å². The molecule has 0 saturated heterocycles. The van der Waals surface area contributed by atoms with E-state index in [9.17, 15) is 8.42 Å². The standard InChI is InChI=1S/C20H23NO3S/c1-15(2)13-18-14-20(17-7-5-4-6-8-17)21(24-18)25(22,23)19-11-9-16(3)10-12-19/h4-12,14-15,18H,13H2,1-3H3. The van der Waals surface area contributed by atoms with Gasteiger partial charge in [-0.1, -0.05) is 61.9 Å². The maximum absolute atomic E-state index is 13.1. The highest BCUT2D eigenvalue weighted by atomic mass is 32.2. The lowest BCUT2D eigenvalue weighted by Crippen LogP contribution is -2.28. The van der Waals surface area contributed by atoms with Crippen molar-refractivity contribution in [3.05, 3.63) is 71.8 Å². The highest BCUT2D eigenvalue weighted by Crippen LogP contribution is 2.35. The molecule has 1 aliphatic heterocycles. The van der Waals surface area contributed by atoms with Crippen LogP contribution in [-0.4, -0.2) is 19.0 Å². The van der Waals surface area contributed by atoms with Crippen molar-refractivity contribution in [3.8, 4) is 0 Å². The molecule has 25 heavy (non-hydrogen) atoms. The van der Waals surface area contributed by atoms with Gasteiger partial charge >= 0.3 is 0 Å². The monoisotopic (exact) mass is 357 g/mol. The Hall–Kier alpha value is -2.11.